The second-order valence-corrected chi connectivity index (χ2v) is 21.2. The van der Waals surface area contributed by atoms with Crippen LogP contribution in [0.1, 0.15) is 143 Å². The average molecular weight is 923 g/mol. The summed E-state index contributed by atoms with van der Waals surface area (Å²) in [6, 6.07) is 16.0. The summed E-state index contributed by atoms with van der Waals surface area (Å²) in [7, 11) is 0. The number of nitrogens with one attached hydrogen (secondary N) is 3. The Hall–Kier alpha value is -4.54. The molecule has 4 aliphatic rings. The van der Waals surface area contributed by atoms with Gasteiger partial charge < -0.3 is 25.1 Å². The summed E-state index contributed by atoms with van der Waals surface area (Å²) in [5, 5.41) is 21.8. The number of thiazole rings is 1. The third kappa shape index (κ3) is 12.9. The molecule has 1 saturated carbocycles. The van der Waals surface area contributed by atoms with Crippen molar-refractivity contribution in [3.05, 3.63) is 88.3 Å². The zero-order valence-electron chi connectivity index (χ0n) is 40.1. The Morgan fingerprint density at radius 1 is 0.879 bits per heavy atom. The molecule has 4 aromatic rings. The van der Waals surface area contributed by atoms with Gasteiger partial charge in [-0.2, -0.15) is 0 Å². The predicted molar refractivity (Wildman–Crippen MR) is 261 cm³/mol. The van der Waals surface area contributed by atoms with Gasteiger partial charge in [-0.1, -0.05) is 69.3 Å². The van der Waals surface area contributed by atoms with E-state index in [0.717, 1.165) is 74.1 Å². The largest absolute Gasteiger partial charge is 0.391 e. The molecule has 8 rings (SSSR count). The molecule has 2 aromatic heterocycles. The highest BCUT2D eigenvalue weighted by molar-refractivity contribution is 7.13. The number of nitrogens with zero attached hydrogens (tertiary/aromatic N) is 7. The standard InChI is InChI=1S/C38H60N8O3.C13H14N2OS/c1-5-17-39-41-36(48)32-12-10-29(11-13-32)30-14-18-43(19-15-30)22-28-23-44(24-28)21-27-6-8-31(9-7-27)34-26-46(42-40-34)35(38(2,3)4)37(49)45-20-16-33(47)25-45;1-9(14-7-16)11-3-5-12(6-4-11)13-10(2)15-8-17-13/h10-13,26-28,30-31,33,35,39,47H,5-9,14-25H2,1-4H3,(H,41,48);3-9H,1-2H3,(H,14,16). The van der Waals surface area contributed by atoms with E-state index in [1.165, 1.54) is 67.9 Å². The minimum atomic E-state index is -0.427. The van der Waals surface area contributed by atoms with Crippen molar-refractivity contribution in [3.63, 3.8) is 0 Å². The average Bonchev–Trinajstić information content (AvgIpc) is 4.08. The van der Waals surface area contributed by atoms with E-state index in [1.54, 1.807) is 20.9 Å². The molecule has 14 nitrogen and oxygen atoms in total. The number of likely N-dealkylation sites (tertiary alicyclic amines) is 3. The summed E-state index contributed by atoms with van der Waals surface area (Å²) in [5.74, 6) is 2.48. The molecular formula is C51H74N10O4S. The van der Waals surface area contributed by atoms with Crippen LogP contribution in [-0.2, 0) is 9.59 Å². The van der Waals surface area contributed by atoms with Gasteiger partial charge in [0.2, 0.25) is 12.3 Å². The highest BCUT2D eigenvalue weighted by Crippen LogP contribution is 2.39. The fourth-order valence-electron chi connectivity index (χ4n) is 10.3. The van der Waals surface area contributed by atoms with Crippen molar-refractivity contribution < 1.29 is 19.5 Å². The fraction of sp³-hybridized carbons (Fsp3) is 0.608. The summed E-state index contributed by atoms with van der Waals surface area (Å²) in [6.45, 7) is 21.3. The van der Waals surface area contributed by atoms with E-state index in [2.05, 4.69) is 93.2 Å². The van der Waals surface area contributed by atoms with E-state index < -0.39 is 12.1 Å². The van der Waals surface area contributed by atoms with Gasteiger partial charge in [0, 0.05) is 63.5 Å². The van der Waals surface area contributed by atoms with Crippen molar-refractivity contribution >= 4 is 29.6 Å². The van der Waals surface area contributed by atoms with Crippen LogP contribution in [0, 0.1) is 24.2 Å². The number of carbonyl (C=O) groups is 3. The van der Waals surface area contributed by atoms with Crippen LogP contribution in [0.25, 0.3) is 10.4 Å². The number of carbonyl (C=O) groups excluding carboxylic acids is 3. The van der Waals surface area contributed by atoms with Gasteiger partial charge in [-0.15, -0.1) is 16.4 Å². The zero-order chi connectivity index (χ0) is 46.8. The van der Waals surface area contributed by atoms with Gasteiger partial charge in [0.1, 0.15) is 6.04 Å². The van der Waals surface area contributed by atoms with Gasteiger partial charge in [-0.05, 0) is 130 Å². The van der Waals surface area contributed by atoms with Gasteiger partial charge in [0.15, 0.2) is 0 Å². The molecule has 2 aromatic carbocycles. The van der Waals surface area contributed by atoms with Gasteiger partial charge in [0.25, 0.3) is 5.91 Å². The Morgan fingerprint density at radius 2 is 1.58 bits per heavy atom. The number of β-amino-alcohol motifs (C(OH)–C–C–N with tert-alkyl or cyclic N) is 1. The summed E-state index contributed by atoms with van der Waals surface area (Å²) in [6.07, 6.45) is 11.0. The number of hydrogen-bond acceptors (Lipinski definition) is 11. The number of amides is 3. The number of benzene rings is 2. The highest BCUT2D eigenvalue weighted by atomic mass is 32.1. The number of rotatable bonds is 16. The van der Waals surface area contributed by atoms with E-state index in [1.807, 2.05) is 49.8 Å². The Morgan fingerprint density at radius 3 is 2.18 bits per heavy atom. The summed E-state index contributed by atoms with van der Waals surface area (Å²) in [5.41, 5.74) is 13.7. The number of aryl methyl sites for hydroxylation is 1. The lowest BCUT2D eigenvalue weighted by Crippen LogP contribution is -2.53. The number of aromatic nitrogens is 4. The molecule has 4 N–H and O–H groups in total. The Bertz CT molecular complexity index is 2150. The third-order valence-electron chi connectivity index (χ3n) is 14.2. The first kappa shape index (κ1) is 49.4. The third-order valence-corrected chi connectivity index (χ3v) is 15.2. The first-order valence-electron chi connectivity index (χ1n) is 24.5. The maximum absolute atomic E-state index is 13.5. The number of piperidine rings is 1. The van der Waals surface area contributed by atoms with E-state index in [-0.39, 0.29) is 23.3 Å². The molecule has 0 radical (unpaired) electrons. The monoisotopic (exact) mass is 923 g/mol. The van der Waals surface area contributed by atoms with Crippen LogP contribution in [0.3, 0.4) is 0 Å². The molecule has 3 atom stereocenters. The van der Waals surface area contributed by atoms with Crippen molar-refractivity contribution in [1.82, 2.24) is 50.8 Å². The van der Waals surface area contributed by atoms with Crippen LogP contribution in [0.5, 0.6) is 0 Å². The number of aliphatic hydroxyl groups excluding tert-OH is 1. The Labute approximate surface area is 396 Å². The van der Waals surface area contributed by atoms with Gasteiger partial charge >= 0.3 is 0 Å². The molecule has 3 amide bonds. The number of hydrogen-bond donors (Lipinski definition) is 4. The molecule has 358 valence electrons. The van der Waals surface area contributed by atoms with Crippen LogP contribution >= 0.6 is 11.3 Å². The van der Waals surface area contributed by atoms with Gasteiger partial charge in [0.05, 0.1) is 33.9 Å². The lowest BCUT2D eigenvalue weighted by molar-refractivity contribution is -0.137. The summed E-state index contributed by atoms with van der Waals surface area (Å²) >= 11 is 1.64. The first-order chi connectivity index (χ1) is 31.8. The molecule has 3 saturated heterocycles. The first-order valence-corrected chi connectivity index (χ1v) is 25.3. The van der Waals surface area contributed by atoms with Crippen molar-refractivity contribution in [2.75, 3.05) is 58.9 Å². The second-order valence-electron chi connectivity index (χ2n) is 20.4. The van der Waals surface area contributed by atoms with E-state index >= 15 is 0 Å². The molecule has 0 spiro atoms. The maximum Gasteiger partial charge on any atom is 0.265 e. The fourth-order valence-corrected chi connectivity index (χ4v) is 11.1. The quantitative estimate of drug-likeness (QED) is 0.0518. The molecule has 5 heterocycles. The molecule has 0 bridgehead atoms. The maximum atomic E-state index is 13.5. The molecule has 1 aliphatic carbocycles. The molecule has 66 heavy (non-hydrogen) atoms. The zero-order valence-corrected chi connectivity index (χ0v) is 40.9. The smallest absolute Gasteiger partial charge is 0.265 e. The van der Waals surface area contributed by atoms with E-state index in [4.69, 9.17) is 0 Å². The number of aliphatic hydroxyl groups is 1. The predicted octanol–water partition coefficient (Wildman–Crippen LogP) is 7.11. The lowest BCUT2D eigenvalue weighted by Gasteiger charge is -2.45. The van der Waals surface area contributed by atoms with Crippen molar-refractivity contribution in [3.8, 4) is 10.4 Å². The van der Waals surface area contributed by atoms with Crippen LogP contribution in [-0.4, -0.2) is 123 Å². The van der Waals surface area contributed by atoms with Crippen LogP contribution in [0.2, 0.25) is 0 Å². The minimum absolute atomic E-state index is 0.0338. The van der Waals surface area contributed by atoms with Crippen molar-refractivity contribution in [2.45, 2.75) is 123 Å². The normalized spacial score (nSPS) is 21.9. The Kier molecular flexibility index (Phi) is 17.2. The van der Waals surface area contributed by atoms with Crippen LogP contribution in [0.4, 0.5) is 0 Å². The molecule has 15 heteroatoms. The molecule has 3 aliphatic heterocycles. The van der Waals surface area contributed by atoms with Crippen molar-refractivity contribution in [2.24, 2.45) is 17.3 Å². The minimum Gasteiger partial charge on any atom is -0.391 e. The highest BCUT2D eigenvalue weighted by Gasteiger charge is 2.40. The van der Waals surface area contributed by atoms with Gasteiger partial charge in [-0.3, -0.25) is 19.8 Å². The van der Waals surface area contributed by atoms with Crippen LogP contribution < -0.4 is 16.2 Å². The van der Waals surface area contributed by atoms with Crippen molar-refractivity contribution in [1.29, 1.82) is 0 Å². The molecule has 4 fully saturated rings. The second kappa shape index (κ2) is 23.0. The molecular weight excluding hydrogens is 849 g/mol. The topological polar surface area (TPSA) is 161 Å². The Balaban J connectivity index is 0.000000319. The van der Waals surface area contributed by atoms with Crippen LogP contribution in [0.15, 0.2) is 60.2 Å². The summed E-state index contributed by atoms with van der Waals surface area (Å²) in [4.78, 5) is 48.7. The SMILES string of the molecule is CCCNNC(=O)c1ccc(C2CCN(CC3CN(CC4CCC(c5cn(C(C(=O)N6CCC(O)C6)C(C)(C)C)nn5)CC4)C3)CC2)cc1.Cc1ncsc1-c1ccc(C(C)NC=O)cc1. The summed E-state index contributed by atoms with van der Waals surface area (Å²) < 4.78 is 1.80. The van der Waals surface area contributed by atoms with E-state index in [0.29, 0.717) is 36.9 Å². The van der Waals surface area contributed by atoms with Gasteiger partial charge in [-0.25, -0.2) is 15.1 Å². The molecule has 3 unspecified atom stereocenters. The van der Waals surface area contributed by atoms with E-state index in [9.17, 15) is 19.5 Å². The lowest BCUT2D eigenvalue weighted by atomic mass is 9.79. The number of hydrazine groups is 1.